The monoisotopic (exact) mass is 474 g/mol. The van der Waals surface area contributed by atoms with E-state index in [4.69, 9.17) is 4.98 Å². The Balaban J connectivity index is 1.78. The molecule has 1 N–H and O–H groups in total. The highest BCUT2D eigenvalue weighted by Crippen LogP contribution is 2.32. The maximum atomic E-state index is 13.0. The fourth-order valence-corrected chi connectivity index (χ4v) is 5.18. The number of piperidine rings is 1. The van der Waals surface area contributed by atoms with Crippen molar-refractivity contribution in [1.82, 2.24) is 9.97 Å². The van der Waals surface area contributed by atoms with Gasteiger partial charge in [-0.05, 0) is 54.7 Å². The molecule has 2 aromatic carbocycles. The lowest BCUT2D eigenvalue weighted by molar-refractivity contribution is 0.355. The molecule has 0 saturated carbocycles. The topological polar surface area (TPSA) is 75.2 Å². The highest BCUT2D eigenvalue weighted by molar-refractivity contribution is 9.10. The highest BCUT2D eigenvalue weighted by atomic mass is 79.9. The van der Waals surface area contributed by atoms with Gasteiger partial charge in [-0.1, -0.05) is 41.9 Å². The van der Waals surface area contributed by atoms with Gasteiger partial charge in [0, 0.05) is 17.6 Å². The van der Waals surface area contributed by atoms with E-state index < -0.39 is 10.0 Å². The summed E-state index contributed by atoms with van der Waals surface area (Å²) in [5, 5.41) is 0. The van der Waals surface area contributed by atoms with Gasteiger partial charge in [0.1, 0.15) is 0 Å². The van der Waals surface area contributed by atoms with Gasteiger partial charge in [-0.15, -0.1) is 0 Å². The van der Waals surface area contributed by atoms with E-state index in [-0.39, 0.29) is 10.7 Å². The highest BCUT2D eigenvalue weighted by Gasteiger charge is 2.27. The molecule has 0 aliphatic carbocycles. The van der Waals surface area contributed by atoms with Crippen molar-refractivity contribution < 1.29 is 8.42 Å². The van der Waals surface area contributed by atoms with Crippen LogP contribution in [0, 0.1) is 11.8 Å². The summed E-state index contributed by atoms with van der Waals surface area (Å²) >= 11 is 3.34. The molecule has 0 amide bonds. The average molecular weight is 475 g/mol. The Labute approximate surface area is 179 Å². The number of anilines is 2. The first-order chi connectivity index (χ1) is 13.8. The summed E-state index contributed by atoms with van der Waals surface area (Å²) in [7, 11) is -3.79. The fraction of sp³-hybridized carbons (Fsp3) is 0.333. The minimum Gasteiger partial charge on any atom is -0.353 e. The van der Waals surface area contributed by atoms with Gasteiger partial charge in [0.25, 0.3) is 10.0 Å². The van der Waals surface area contributed by atoms with Gasteiger partial charge in [0.2, 0.25) is 0 Å². The predicted octanol–water partition coefficient (Wildman–Crippen LogP) is 4.68. The molecular formula is C21H23BrN4O2S. The van der Waals surface area contributed by atoms with Gasteiger partial charge in [-0.3, -0.25) is 4.72 Å². The van der Waals surface area contributed by atoms with E-state index in [1.165, 1.54) is 0 Å². The van der Waals surface area contributed by atoms with Crippen LogP contribution in [0.3, 0.4) is 0 Å². The number of nitrogens with zero attached hydrogens (tertiary/aromatic N) is 3. The molecule has 0 radical (unpaired) electrons. The van der Waals surface area contributed by atoms with Crippen LogP contribution in [-0.2, 0) is 10.0 Å². The van der Waals surface area contributed by atoms with Gasteiger partial charge >= 0.3 is 0 Å². The van der Waals surface area contributed by atoms with E-state index in [9.17, 15) is 8.42 Å². The number of sulfonamides is 1. The first kappa shape index (κ1) is 20.1. The second kappa shape index (κ2) is 7.91. The number of nitrogens with one attached hydrogen (secondary N) is 1. The molecule has 152 valence electrons. The molecule has 2 unspecified atom stereocenters. The van der Waals surface area contributed by atoms with Crippen LogP contribution in [0.15, 0.2) is 57.9 Å². The zero-order chi connectivity index (χ0) is 20.6. The lowest BCUT2D eigenvalue weighted by Crippen LogP contribution is -2.39. The summed E-state index contributed by atoms with van der Waals surface area (Å²) < 4.78 is 29.5. The van der Waals surface area contributed by atoms with Crippen molar-refractivity contribution in [2.75, 3.05) is 22.7 Å². The first-order valence-electron chi connectivity index (χ1n) is 9.62. The number of fused-ring (bicyclic) bond motifs is 1. The fourth-order valence-electron chi connectivity index (χ4n) is 3.92. The number of benzene rings is 2. The van der Waals surface area contributed by atoms with Crippen molar-refractivity contribution in [2.24, 2.45) is 11.8 Å². The van der Waals surface area contributed by atoms with Gasteiger partial charge < -0.3 is 4.90 Å². The third-order valence-electron chi connectivity index (χ3n) is 5.08. The number of hydrogen-bond acceptors (Lipinski definition) is 5. The maximum Gasteiger partial charge on any atom is 0.263 e. The van der Waals surface area contributed by atoms with Crippen molar-refractivity contribution in [1.29, 1.82) is 0 Å². The molecule has 4 rings (SSSR count). The van der Waals surface area contributed by atoms with Crippen molar-refractivity contribution in [3.05, 3.63) is 53.0 Å². The second-order valence-electron chi connectivity index (χ2n) is 7.79. The number of aromatic nitrogens is 2. The molecule has 6 nitrogen and oxygen atoms in total. The van der Waals surface area contributed by atoms with Crippen LogP contribution in [0.25, 0.3) is 11.0 Å². The normalized spacial score (nSPS) is 20.0. The Morgan fingerprint density at radius 2 is 1.55 bits per heavy atom. The number of halogens is 1. The molecule has 1 aliphatic heterocycles. The van der Waals surface area contributed by atoms with E-state index in [1.54, 1.807) is 24.3 Å². The number of rotatable bonds is 4. The molecule has 2 heterocycles. The Hall–Kier alpha value is -2.19. The quantitative estimate of drug-likeness (QED) is 0.594. The Morgan fingerprint density at radius 1 is 0.966 bits per heavy atom. The molecule has 1 saturated heterocycles. The van der Waals surface area contributed by atoms with E-state index in [2.05, 4.69) is 44.4 Å². The molecule has 1 aromatic heterocycles. The molecule has 0 spiro atoms. The Kier molecular flexibility index (Phi) is 5.48. The van der Waals surface area contributed by atoms with E-state index in [1.807, 2.05) is 24.3 Å². The zero-order valence-electron chi connectivity index (χ0n) is 16.3. The van der Waals surface area contributed by atoms with Gasteiger partial charge in [0.15, 0.2) is 11.6 Å². The summed E-state index contributed by atoms with van der Waals surface area (Å²) in [5.74, 6) is 1.86. The summed E-state index contributed by atoms with van der Waals surface area (Å²) in [6, 6.07) is 14.0. The Morgan fingerprint density at radius 3 is 2.17 bits per heavy atom. The lowest BCUT2D eigenvalue weighted by atomic mass is 9.92. The maximum absolute atomic E-state index is 13.0. The lowest BCUT2D eigenvalue weighted by Gasteiger charge is -2.36. The number of para-hydroxylation sites is 2. The average Bonchev–Trinajstić information content (AvgIpc) is 2.66. The third kappa shape index (κ3) is 4.38. The first-order valence-corrected chi connectivity index (χ1v) is 11.9. The SMILES string of the molecule is CC1CC(C)CN(c2nc3ccccc3nc2NS(=O)(=O)c2ccc(Br)cc2)C1. The summed E-state index contributed by atoms with van der Waals surface area (Å²) in [5.41, 5.74) is 1.41. The Bertz CT molecular complexity index is 1130. The molecule has 3 aromatic rings. The minimum absolute atomic E-state index is 0.182. The van der Waals surface area contributed by atoms with E-state index in [0.717, 1.165) is 29.5 Å². The molecule has 8 heteroatoms. The standard InChI is InChI=1S/C21H23BrN4O2S/c1-14-11-15(2)13-26(12-14)21-20(23-18-5-3-4-6-19(18)24-21)25-29(27,28)17-9-7-16(22)8-10-17/h3-10,14-15H,11-13H2,1-2H3,(H,23,25). The molecule has 2 atom stereocenters. The minimum atomic E-state index is -3.79. The zero-order valence-corrected chi connectivity index (χ0v) is 18.7. The summed E-state index contributed by atoms with van der Waals surface area (Å²) in [4.78, 5) is 11.7. The van der Waals surface area contributed by atoms with Gasteiger partial charge in [-0.25, -0.2) is 18.4 Å². The van der Waals surface area contributed by atoms with Gasteiger partial charge in [-0.2, -0.15) is 0 Å². The summed E-state index contributed by atoms with van der Waals surface area (Å²) in [6.45, 7) is 6.07. The molecule has 0 bridgehead atoms. The van der Waals surface area contributed by atoms with Crippen molar-refractivity contribution in [3.63, 3.8) is 0 Å². The van der Waals surface area contributed by atoms with Crippen LogP contribution in [-0.4, -0.2) is 31.5 Å². The van der Waals surface area contributed by atoms with Gasteiger partial charge in [0.05, 0.1) is 15.9 Å². The van der Waals surface area contributed by atoms with Crippen LogP contribution in [0.4, 0.5) is 11.6 Å². The van der Waals surface area contributed by atoms with E-state index >= 15 is 0 Å². The third-order valence-corrected chi connectivity index (χ3v) is 6.96. The van der Waals surface area contributed by atoms with Crippen molar-refractivity contribution in [2.45, 2.75) is 25.2 Å². The van der Waals surface area contributed by atoms with Crippen LogP contribution in [0.2, 0.25) is 0 Å². The number of hydrogen-bond donors (Lipinski definition) is 1. The van der Waals surface area contributed by atoms with Crippen LogP contribution >= 0.6 is 15.9 Å². The van der Waals surface area contributed by atoms with Crippen LogP contribution in [0.5, 0.6) is 0 Å². The van der Waals surface area contributed by atoms with Crippen LogP contribution < -0.4 is 9.62 Å². The van der Waals surface area contributed by atoms with Crippen molar-refractivity contribution in [3.8, 4) is 0 Å². The second-order valence-corrected chi connectivity index (χ2v) is 10.4. The molecular weight excluding hydrogens is 452 g/mol. The smallest absolute Gasteiger partial charge is 0.263 e. The molecule has 1 fully saturated rings. The molecule has 29 heavy (non-hydrogen) atoms. The van der Waals surface area contributed by atoms with E-state index in [0.29, 0.717) is 23.2 Å². The van der Waals surface area contributed by atoms with Crippen LogP contribution in [0.1, 0.15) is 20.3 Å². The van der Waals surface area contributed by atoms with Crippen molar-refractivity contribution >= 4 is 48.6 Å². The predicted molar refractivity (Wildman–Crippen MR) is 120 cm³/mol. The summed E-state index contributed by atoms with van der Waals surface area (Å²) in [6.07, 6.45) is 1.15. The molecule has 1 aliphatic rings. The largest absolute Gasteiger partial charge is 0.353 e.